The molecule has 0 amide bonds. The van der Waals surface area contributed by atoms with Gasteiger partial charge < -0.3 is 10.1 Å². The highest BCUT2D eigenvalue weighted by Gasteiger charge is 2.09. The maximum atomic E-state index is 12.0. The quantitative estimate of drug-likeness (QED) is 0.783. The molecule has 2 atom stereocenters. The third-order valence-corrected chi connectivity index (χ3v) is 3.73. The summed E-state index contributed by atoms with van der Waals surface area (Å²) in [5.41, 5.74) is 1.07. The summed E-state index contributed by atoms with van der Waals surface area (Å²) in [6.45, 7) is 2.44. The van der Waals surface area contributed by atoms with Crippen molar-refractivity contribution < 1.29 is 13.5 Å². The SMILES string of the molecule is CSCC(C)CNC(C)c1ccc(OC(F)F)cc1. The maximum absolute atomic E-state index is 12.0. The first-order valence-corrected chi connectivity index (χ1v) is 7.69. The van der Waals surface area contributed by atoms with E-state index in [4.69, 9.17) is 0 Å². The molecule has 0 aromatic heterocycles. The van der Waals surface area contributed by atoms with Crippen LogP contribution in [-0.2, 0) is 0 Å². The summed E-state index contributed by atoms with van der Waals surface area (Å²) in [7, 11) is 0. The number of hydrogen-bond donors (Lipinski definition) is 1. The van der Waals surface area contributed by atoms with E-state index in [1.54, 1.807) is 12.1 Å². The van der Waals surface area contributed by atoms with Crippen LogP contribution in [-0.4, -0.2) is 25.2 Å². The van der Waals surface area contributed by atoms with Crippen molar-refractivity contribution >= 4 is 11.8 Å². The highest BCUT2D eigenvalue weighted by Crippen LogP contribution is 2.19. The van der Waals surface area contributed by atoms with E-state index in [1.807, 2.05) is 23.9 Å². The van der Waals surface area contributed by atoms with Crippen LogP contribution in [0.3, 0.4) is 0 Å². The molecule has 0 fully saturated rings. The second kappa shape index (κ2) is 8.38. The fraction of sp³-hybridized carbons (Fsp3) is 0.571. The van der Waals surface area contributed by atoms with Crippen LogP contribution < -0.4 is 10.1 Å². The normalized spacial score (nSPS) is 14.4. The highest BCUT2D eigenvalue weighted by atomic mass is 32.2. The number of thioether (sulfide) groups is 1. The van der Waals surface area contributed by atoms with Crippen LogP contribution in [0.2, 0.25) is 0 Å². The average molecular weight is 289 g/mol. The molecule has 1 rings (SSSR count). The summed E-state index contributed by atoms with van der Waals surface area (Å²) >= 11 is 1.84. The van der Waals surface area contributed by atoms with Crippen LogP contribution in [0.5, 0.6) is 5.75 Å². The zero-order chi connectivity index (χ0) is 14.3. The van der Waals surface area contributed by atoms with Crippen LogP contribution in [0.25, 0.3) is 0 Å². The van der Waals surface area contributed by atoms with Gasteiger partial charge in [0, 0.05) is 6.04 Å². The zero-order valence-corrected chi connectivity index (χ0v) is 12.3. The van der Waals surface area contributed by atoms with Gasteiger partial charge in [-0.05, 0) is 49.1 Å². The first-order valence-electron chi connectivity index (χ1n) is 6.30. The molecular weight excluding hydrogens is 268 g/mol. The Bertz CT molecular complexity index is 359. The van der Waals surface area contributed by atoms with Crippen LogP contribution >= 0.6 is 11.8 Å². The average Bonchev–Trinajstić information content (AvgIpc) is 2.36. The molecule has 0 radical (unpaired) electrons. The Balaban J connectivity index is 2.46. The fourth-order valence-corrected chi connectivity index (χ4v) is 2.46. The lowest BCUT2D eigenvalue weighted by atomic mass is 10.1. The third-order valence-electron chi connectivity index (χ3n) is 2.83. The van der Waals surface area contributed by atoms with Crippen molar-refractivity contribution in [3.63, 3.8) is 0 Å². The van der Waals surface area contributed by atoms with Gasteiger partial charge >= 0.3 is 6.61 Å². The van der Waals surface area contributed by atoms with Gasteiger partial charge in [0.1, 0.15) is 5.75 Å². The van der Waals surface area contributed by atoms with Crippen molar-refractivity contribution in [3.05, 3.63) is 29.8 Å². The lowest BCUT2D eigenvalue weighted by molar-refractivity contribution is -0.0498. The summed E-state index contributed by atoms with van der Waals surface area (Å²) in [5, 5.41) is 3.44. The van der Waals surface area contributed by atoms with Gasteiger partial charge in [0.25, 0.3) is 0 Å². The largest absolute Gasteiger partial charge is 0.435 e. The number of ether oxygens (including phenoxy) is 1. The Morgan fingerprint density at radius 1 is 1.21 bits per heavy atom. The molecule has 19 heavy (non-hydrogen) atoms. The van der Waals surface area contributed by atoms with E-state index in [1.165, 1.54) is 0 Å². The van der Waals surface area contributed by atoms with Crippen LogP contribution in [0.4, 0.5) is 8.78 Å². The second-order valence-corrected chi connectivity index (χ2v) is 5.55. The van der Waals surface area contributed by atoms with Crippen LogP contribution in [0, 0.1) is 5.92 Å². The first-order chi connectivity index (χ1) is 9.02. The van der Waals surface area contributed by atoms with Crippen molar-refractivity contribution in [1.82, 2.24) is 5.32 Å². The van der Waals surface area contributed by atoms with E-state index in [0.717, 1.165) is 17.9 Å². The lowest BCUT2D eigenvalue weighted by Crippen LogP contribution is -2.25. The van der Waals surface area contributed by atoms with Gasteiger partial charge in [-0.2, -0.15) is 20.5 Å². The third kappa shape index (κ3) is 6.25. The molecule has 1 N–H and O–H groups in total. The Kier molecular flexibility index (Phi) is 7.16. The number of nitrogens with one attached hydrogen (secondary N) is 1. The molecule has 0 spiro atoms. The molecule has 0 saturated heterocycles. The minimum absolute atomic E-state index is 0.196. The lowest BCUT2D eigenvalue weighted by Gasteiger charge is -2.18. The molecule has 1 aromatic carbocycles. The first kappa shape index (κ1) is 16.2. The summed E-state index contributed by atoms with van der Waals surface area (Å²) < 4.78 is 28.4. The molecule has 0 aliphatic heterocycles. The van der Waals surface area contributed by atoms with Gasteiger partial charge in [-0.15, -0.1) is 0 Å². The summed E-state index contributed by atoms with van der Waals surface area (Å²) in [6.07, 6.45) is 2.10. The topological polar surface area (TPSA) is 21.3 Å². The summed E-state index contributed by atoms with van der Waals surface area (Å²) in [4.78, 5) is 0. The van der Waals surface area contributed by atoms with Gasteiger partial charge in [0.15, 0.2) is 0 Å². The zero-order valence-electron chi connectivity index (χ0n) is 11.5. The van der Waals surface area contributed by atoms with Crippen molar-refractivity contribution in [2.75, 3.05) is 18.6 Å². The molecule has 0 aliphatic carbocycles. The molecule has 2 nitrogen and oxygen atoms in total. The molecule has 0 heterocycles. The molecule has 0 bridgehead atoms. The van der Waals surface area contributed by atoms with Gasteiger partial charge in [0.05, 0.1) is 0 Å². The number of rotatable bonds is 8. The molecule has 5 heteroatoms. The minimum Gasteiger partial charge on any atom is -0.435 e. The number of alkyl halides is 2. The molecular formula is C14H21F2NOS. The smallest absolute Gasteiger partial charge is 0.387 e. The van der Waals surface area contributed by atoms with E-state index < -0.39 is 6.61 Å². The predicted octanol–water partition coefficient (Wildman–Crippen LogP) is 3.94. The number of benzene rings is 1. The Hall–Kier alpha value is -0.810. The summed E-state index contributed by atoms with van der Waals surface area (Å²) in [6, 6.07) is 6.98. The van der Waals surface area contributed by atoms with E-state index in [2.05, 4.69) is 30.2 Å². The maximum Gasteiger partial charge on any atom is 0.387 e. The Labute approximate surface area is 117 Å². The Morgan fingerprint density at radius 2 is 1.84 bits per heavy atom. The number of hydrogen-bond acceptors (Lipinski definition) is 3. The molecule has 1 aromatic rings. The molecule has 2 unspecified atom stereocenters. The van der Waals surface area contributed by atoms with E-state index >= 15 is 0 Å². The van der Waals surface area contributed by atoms with Crippen molar-refractivity contribution in [1.29, 1.82) is 0 Å². The second-order valence-electron chi connectivity index (χ2n) is 4.64. The minimum atomic E-state index is -2.77. The van der Waals surface area contributed by atoms with E-state index in [9.17, 15) is 8.78 Å². The van der Waals surface area contributed by atoms with E-state index in [0.29, 0.717) is 5.92 Å². The van der Waals surface area contributed by atoms with Crippen molar-refractivity contribution in [2.24, 2.45) is 5.92 Å². The highest BCUT2D eigenvalue weighted by molar-refractivity contribution is 7.98. The van der Waals surface area contributed by atoms with Gasteiger partial charge in [-0.1, -0.05) is 19.1 Å². The van der Waals surface area contributed by atoms with Crippen LogP contribution in [0.1, 0.15) is 25.5 Å². The van der Waals surface area contributed by atoms with Gasteiger partial charge in [-0.3, -0.25) is 0 Å². The van der Waals surface area contributed by atoms with Gasteiger partial charge in [0.2, 0.25) is 0 Å². The van der Waals surface area contributed by atoms with Gasteiger partial charge in [-0.25, -0.2) is 0 Å². The predicted molar refractivity (Wildman–Crippen MR) is 77.0 cm³/mol. The summed E-state index contributed by atoms with van der Waals surface area (Å²) in [5.74, 6) is 1.93. The van der Waals surface area contributed by atoms with Crippen LogP contribution in [0.15, 0.2) is 24.3 Å². The Morgan fingerprint density at radius 3 is 2.37 bits per heavy atom. The van der Waals surface area contributed by atoms with Crippen molar-refractivity contribution in [3.8, 4) is 5.75 Å². The molecule has 108 valence electrons. The monoisotopic (exact) mass is 289 g/mol. The standard InChI is InChI=1S/C14H21F2NOS/c1-10(9-19-3)8-17-11(2)12-4-6-13(7-5-12)18-14(15)16/h4-7,10-11,14,17H,8-9H2,1-3H3. The fourth-order valence-electron chi connectivity index (χ4n) is 1.78. The van der Waals surface area contributed by atoms with Crippen molar-refractivity contribution in [2.45, 2.75) is 26.5 Å². The number of halogens is 2. The molecule has 0 aliphatic rings. The van der Waals surface area contributed by atoms with E-state index in [-0.39, 0.29) is 11.8 Å². The molecule has 0 saturated carbocycles.